The molecule has 2 rings (SSSR count). The zero-order valence-electron chi connectivity index (χ0n) is 13.3. The molecular formula is C17H30FNO2. The predicted molar refractivity (Wildman–Crippen MR) is 81.7 cm³/mol. The van der Waals surface area contributed by atoms with Gasteiger partial charge in [0, 0.05) is 13.1 Å². The van der Waals surface area contributed by atoms with E-state index in [1.807, 2.05) is 11.8 Å². The lowest BCUT2D eigenvalue weighted by Crippen LogP contribution is -2.51. The lowest BCUT2D eigenvalue weighted by atomic mass is 9.73. The van der Waals surface area contributed by atoms with Gasteiger partial charge in [0.25, 0.3) is 0 Å². The Bertz CT molecular complexity index is 340. The molecule has 4 heteroatoms. The maximum Gasteiger partial charge on any atom is 0.228 e. The molecule has 2 atom stereocenters. The van der Waals surface area contributed by atoms with Crippen LogP contribution in [0.15, 0.2) is 0 Å². The molecule has 3 nitrogen and oxygen atoms in total. The van der Waals surface area contributed by atoms with Crippen LogP contribution in [0, 0.1) is 11.8 Å². The molecule has 2 unspecified atom stereocenters. The Hall–Kier alpha value is -0.640. The number of likely N-dealkylation sites (tertiary alicyclic amines) is 1. The highest BCUT2D eigenvalue weighted by Gasteiger charge is 2.43. The average molecular weight is 299 g/mol. The summed E-state index contributed by atoms with van der Waals surface area (Å²) in [5.41, 5.74) is -0.808. The number of alkyl halides is 1. The highest BCUT2D eigenvalue weighted by Crippen LogP contribution is 2.37. The molecular weight excluding hydrogens is 269 g/mol. The summed E-state index contributed by atoms with van der Waals surface area (Å²) in [4.78, 5) is 14.7. The zero-order chi connectivity index (χ0) is 15.3. The molecule has 1 N–H and O–H groups in total. The van der Waals surface area contributed by atoms with Gasteiger partial charge in [0.15, 0.2) is 0 Å². The highest BCUT2D eigenvalue weighted by molar-refractivity contribution is 5.80. The van der Waals surface area contributed by atoms with E-state index in [0.717, 1.165) is 51.5 Å². The van der Waals surface area contributed by atoms with Crippen molar-refractivity contribution in [1.82, 2.24) is 4.90 Å². The molecule has 2 fully saturated rings. The molecule has 21 heavy (non-hydrogen) atoms. The number of aliphatic hydroxyl groups is 1. The molecule has 1 aliphatic heterocycles. The van der Waals surface area contributed by atoms with Crippen LogP contribution < -0.4 is 0 Å². The van der Waals surface area contributed by atoms with Crippen molar-refractivity contribution in [2.45, 2.75) is 70.3 Å². The minimum atomic E-state index is -0.808. The monoisotopic (exact) mass is 299 g/mol. The lowest BCUT2D eigenvalue weighted by Gasteiger charge is -2.42. The normalized spacial score (nSPS) is 27.4. The summed E-state index contributed by atoms with van der Waals surface area (Å²) < 4.78 is 12.5. The summed E-state index contributed by atoms with van der Waals surface area (Å²) in [7, 11) is 0. The molecule has 0 aromatic heterocycles. The number of piperidine rings is 1. The van der Waals surface area contributed by atoms with Gasteiger partial charge in [0.2, 0.25) is 5.91 Å². The minimum absolute atomic E-state index is 0.102. The van der Waals surface area contributed by atoms with Gasteiger partial charge in [-0.3, -0.25) is 9.18 Å². The summed E-state index contributed by atoms with van der Waals surface area (Å²) >= 11 is 0. The second-order valence-corrected chi connectivity index (χ2v) is 6.90. The number of halogens is 1. The highest BCUT2D eigenvalue weighted by atomic mass is 19.1. The molecule has 0 radical (unpaired) electrons. The van der Waals surface area contributed by atoms with Crippen molar-refractivity contribution in [2.75, 3.05) is 19.8 Å². The van der Waals surface area contributed by atoms with Crippen molar-refractivity contribution >= 4 is 5.91 Å². The largest absolute Gasteiger partial charge is 0.389 e. The van der Waals surface area contributed by atoms with Gasteiger partial charge in [-0.25, -0.2) is 0 Å². The van der Waals surface area contributed by atoms with E-state index in [0.29, 0.717) is 25.3 Å². The van der Waals surface area contributed by atoms with Crippen LogP contribution in [-0.2, 0) is 4.79 Å². The lowest BCUT2D eigenvalue weighted by molar-refractivity contribution is -0.150. The van der Waals surface area contributed by atoms with E-state index in [1.54, 1.807) is 0 Å². The second kappa shape index (κ2) is 7.57. The van der Waals surface area contributed by atoms with Crippen molar-refractivity contribution in [3.63, 3.8) is 0 Å². The number of nitrogens with zero attached hydrogens (tertiary/aromatic N) is 1. The van der Waals surface area contributed by atoms with Crippen LogP contribution in [0.3, 0.4) is 0 Å². The van der Waals surface area contributed by atoms with Gasteiger partial charge in [0.1, 0.15) is 0 Å². The SMILES string of the molecule is CCC(C(=O)N1CCCC(CCF)C1)C1(O)CCCCC1. The Morgan fingerprint density at radius 1 is 1.33 bits per heavy atom. The van der Waals surface area contributed by atoms with Crippen molar-refractivity contribution in [2.24, 2.45) is 11.8 Å². The molecule has 1 heterocycles. The number of carbonyl (C=O) groups excluding carboxylic acids is 1. The third-order valence-electron chi connectivity index (χ3n) is 5.42. The first-order chi connectivity index (χ1) is 10.1. The second-order valence-electron chi connectivity index (χ2n) is 6.90. The van der Waals surface area contributed by atoms with E-state index < -0.39 is 5.60 Å². The zero-order valence-corrected chi connectivity index (χ0v) is 13.3. The van der Waals surface area contributed by atoms with E-state index >= 15 is 0 Å². The molecule has 0 bridgehead atoms. The molecule has 1 aliphatic carbocycles. The van der Waals surface area contributed by atoms with E-state index in [1.165, 1.54) is 0 Å². The van der Waals surface area contributed by atoms with Crippen molar-refractivity contribution < 1.29 is 14.3 Å². The van der Waals surface area contributed by atoms with Gasteiger partial charge in [-0.05, 0) is 44.4 Å². The Morgan fingerprint density at radius 3 is 2.67 bits per heavy atom. The Labute approximate surface area is 127 Å². The van der Waals surface area contributed by atoms with Gasteiger partial charge in [0.05, 0.1) is 18.2 Å². The van der Waals surface area contributed by atoms with Gasteiger partial charge >= 0.3 is 0 Å². The van der Waals surface area contributed by atoms with Crippen LogP contribution in [0.4, 0.5) is 4.39 Å². The summed E-state index contributed by atoms with van der Waals surface area (Å²) in [6.45, 7) is 3.15. The number of hydrogen-bond donors (Lipinski definition) is 1. The van der Waals surface area contributed by atoms with E-state index in [4.69, 9.17) is 0 Å². The van der Waals surface area contributed by atoms with E-state index in [2.05, 4.69) is 0 Å². The Morgan fingerprint density at radius 2 is 2.05 bits per heavy atom. The van der Waals surface area contributed by atoms with Crippen LogP contribution in [0.5, 0.6) is 0 Å². The number of carbonyl (C=O) groups is 1. The number of amides is 1. The Kier molecular flexibility index (Phi) is 6.03. The maximum absolute atomic E-state index is 12.9. The minimum Gasteiger partial charge on any atom is -0.389 e. The molecule has 1 saturated heterocycles. The van der Waals surface area contributed by atoms with Crippen molar-refractivity contribution in [3.8, 4) is 0 Å². The van der Waals surface area contributed by atoms with Crippen molar-refractivity contribution in [1.29, 1.82) is 0 Å². The van der Waals surface area contributed by atoms with Crippen LogP contribution in [0.1, 0.15) is 64.7 Å². The molecule has 0 aromatic rings. The summed E-state index contributed by atoms with van der Waals surface area (Å²) in [5, 5.41) is 10.9. The topological polar surface area (TPSA) is 40.5 Å². The number of hydrogen-bond acceptors (Lipinski definition) is 2. The molecule has 122 valence electrons. The third kappa shape index (κ3) is 3.97. The van der Waals surface area contributed by atoms with Gasteiger partial charge in [-0.2, -0.15) is 0 Å². The number of rotatable bonds is 5. The third-order valence-corrected chi connectivity index (χ3v) is 5.42. The van der Waals surface area contributed by atoms with Crippen molar-refractivity contribution in [3.05, 3.63) is 0 Å². The molecule has 2 aliphatic rings. The smallest absolute Gasteiger partial charge is 0.228 e. The molecule has 1 amide bonds. The summed E-state index contributed by atoms with van der Waals surface area (Å²) in [6.07, 6.45) is 7.94. The van der Waals surface area contributed by atoms with Gasteiger partial charge < -0.3 is 10.0 Å². The predicted octanol–water partition coefficient (Wildman–Crippen LogP) is 3.31. The average Bonchev–Trinajstić information content (AvgIpc) is 2.49. The fourth-order valence-corrected chi connectivity index (χ4v) is 4.17. The molecule has 1 saturated carbocycles. The standard InChI is InChI=1S/C17H30FNO2/c1-2-15(17(21)9-4-3-5-10-17)16(20)19-12-6-7-14(13-19)8-11-18/h14-15,21H,2-13H2,1H3. The fourth-order valence-electron chi connectivity index (χ4n) is 4.17. The van der Waals surface area contributed by atoms with Crippen LogP contribution in [0.25, 0.3) is 0 Å². The van der Waals surface area contributed by atoms with E-state index in [-0.39, 0.29) is 18.5 Å². The fraction of sp³-hybridized carbons (Fsp3) is 0.941. The Balaban J connectivity index is 2.01. The molecule has 0 aromatic carbocycles. The van der Waals surface area contributed by atoms with Gasteiger partial charge in [-0.1, -0.05) is 26.2 Å². The van der Waals surface area contributed by atoms with E-state index in [9.17, 15) is 14.3 Å². The van der Waals surface area contributed by atoms with Gasteiger partial charge in [-0.15, -0.1) is 0 Å². The quantitative estimate of drug-likeness (QED) is 0.846. The summed E-state index contributed by atoms with van der Waals surface area (Å²) in [6, 6.07) is 0. The van der Waals surface area contributed by atoms with Crippen LogP contribution in [-0.4, -0.2) is 41.3 Å². The first-order valence-corrected chi connectivity index (χ1v) is 8.68. The summed E-state index contributed by atoms with van der Waals surface area (Å²) in [5.74, 6) is 0.124. The maximum atomic E-state index is 12.9. The van der Waals surface area contributed by atoms with Crippen LogP contribution in [0.2, 0.25) is 0 Å². The van der Waals surface area contributed by atoms with Crippen LogP contribution >= 0.6 is 0 Å². The first-order valence-electron chi connectivity index (χ1n) is 8.68. The first kappa shape index (κ1) is 16.7. The molecule has 0 spiro atoms.